The molecule has 1 heterocycles. The molecule has 1 aliphatic heterocycles. The summed E-state index contributed by atoms with van der Waals surface area (Å²) in [4.78, 5) is 15.3. The number of carbonyl (C=O) groups is 1. The molecule has 1 fully saturated rings. The number of thiocarbonyl (C=S) groups is 1. The summed E-state index contributed by atoms with van der Waals surface area (Å²) < 4.78 is 12.3. The Kier molecular flexibility index (Phi) is 7.86. The van der Waals surface area contributed by atoms with Crippen LogP contribution in [0.2, 0.25) is 0 Å². The number of hydrogen-bond donors (Lipinski definition) is 0. The Balaban J connectivity index is 1.51. The second-order valence-electron chi connectivity index (χ2n) is 7.95. The Morgan fingerprint density at radius 1 is 1.06 bits per heavy atom. The first-order chi connectivity index (χ1) is 17.0. The lowest BCUT2D eigenvalue weighted by Crippen LogP contribution is -2.27. The molecule has 0 aliphatic carbocycles. The van der Waals surface area contributed by atoms with Crippen molar-refractivity contribution in [3.63, 3.8) is 0 Å². The lowest BCUT2D eigenvalue weighted by molar-refractivity contribution is -0.122. The smallest absolute Gasteiger partial charge is 0.266 e. The van der Waals surface area contributed by atoms with E-state index in [1.807, 2.05) is 80.6 Å². The minimum atomic E-state index is -0.105. The quantitative estimate of drug-likeness (QED) is 0.269. The Labute approximate surface area is 215 Å². The van der Waals surface area contributed by atoms with Gasteiger partial charge in [-0.05, 0) is 49.2 Å². The predicted molar refractivity (Wildman–Crippen MR) is 143 cm³/mol. The number of carbonyl (C=O) groups excluding carboxylic acids is 1. The minimum absolute atomic E-state index is 0.105. The highest BCUT2D eigenvalue weighted by Crippen LogP contribution is 2.36. The maximum atomic E-state index is 13.1. The summed E-state index contributed by atoms with van der Waals surface area (Å²) in [7, 11) is 0. The maximum Gasteiger partial charge on any atom is 0.266 e. The van der Waals surface area contributed by atoms with E-state index in [0.717, 1.165) is 16.7 Å². The number of ether oxygens (including phenoxy) is 2. The van der Waals surface area contributed by atoms with Crippen molar-refractivity contribution in [2.45, 2.75) is 27.0 Å². The summed E-state index contributed by atoms with van der Waals surface area (Å²) in [5, 5.41) is 9.30. The van der Waals surface area contributed by atoms with E-state index in [1.54, 1.807) is 11.0 Å². The molecular formula is C28H24N2O3S2. The average Bonchev–Trinajstić information content (AvgIpc) is 3.12. The van der Waals surface area contributed by atoms with Gasteiger partial charge in [0.15, 0.2) is 11.5 Å². The molecule has 0 N–H and O–H groups in total. The van der Waals surface area contributed by atoms with Gasteiger partial charge in [-0.3, -0.25) is 9.69 Å². The maximum absolute atomic E-state index is 13.1. The number of nitrogens with zero attached hydrogens (tertiary/aromatic N) is 2. The van der Waals surface area contributed by atoms with Gasteiger partial charge >= 0.3 is 0 Å². The van der Waals surface area contributed by atoms with Crippen LogP contribution in [0.15, 0.2) is 71.6 Å². The normalized spacial score (nSPS) is 14.3. The molecule has 1 aliphatic rings. The average molecular weight is 501 g/mol. The molecule has 0 bridgehead atoms. The number of benzene rings is 3. The van der Waals surface area contributed by atoms with E-state index in [-0.39, 0.29) is 12.5 Å². The van der Waals surface area contributed by atoms with Gasteiger partial charge < -0.3 is 9.47 Å². The molecule has 3 aromatic rings. The van der Waals surface area contributed by atoms with E-state index in [2.05, 4.69) is 6.07 Å². The van der Waals surface area contributed by atoms with Crippen LogP contribution in [0.1, 0.15) is 34.7 Å². The lowest BCUT2D eigenvalue weighted by atomic mass is 10.1. The third-order valence-corrected chi connectivity index (χ3v) is 6.80. The van der Waals surface area contributed by atoms with Gasteiger partial charge in [0.05, 0.1) is 29.7 Å². The Hall–Kier alpha value is -3.60. The molecule has 0 atom stereocenters. The van der Waals surface area contributed by atoms with Gasteiger partial charge in [-0.1, -0.05) is 78.1 Å². The molecule has 0 radical (unpaired) electrons. The SMILES string of the molecule is CCOc1cc(/C=C2\SC(=S)N(Cc3ccc(C)cc3)C2=O)ccc1OCc1ccccc1C#N. The van der Waals surface area contributed by atoms with Gasteiger partial charge in [0.2, 0.25) is 0 Å². The van der Waals surface area contributed by atoms with Gasteiger partial charge in [-0.2, -0.15) is 5.26 Å². The Morgan fingerprint density at radius 2 is 1.83 bits per heavy atom. The monoisotopic (exact) mass is 500 g/mol. The molecular weight excluding hydrogens is 476 g/mol. The zero-order valence-electron chi connectivity index (χ0n) is 19.5. The van der Waals surface area contributed by atoms with Crippen LogP contribution in [0.25, 0.3) is 6.08 Å². The van der Waals surface area contributed by atoms with Crippen LogP contribution in [0.4, 0.5) is 0 Å². The highest BCUT2D eigenvalue weighted by atomic mass is 32.2. The molecule has 0 saturated carbocycles. The number of hydrogen-bond acceptors (Lipinski definition) is 6. The van der Waals surface area contributed by atoms with Gasteiger partial charge in [-0.25, -0.2) is 0 Å². The minimum Gasteiger partial charge on any atom is -0.490 e. The third kappa shape index (κ3) is 5.91. The highest BCUT2D eigenvalue weighted by Gasteiger charge is 2.32. The van der Waals surface area contributed by atoms with Crippen molar-refractivity contribution < 1.29 is 14.3 Å². The van der Waals surface area contributed by atoms with Crippen LogP contribution in [-0.2, 0) is 17.9 Å². The molecule has 176 valence electrons. The molecule has 0 spiro atoms. The molecule has 1 amide bonds. The van der Waals surface area contributed by atoms with E-state index in [0.29, 0.717) is 39.4 Å². The molecule has 5 nitrogen and oxygen atoms in total. The molecule has 0 unspecified atom stereocenters. The highest BCUT2D eigenvalue weighted by molar-refractivity contribution is 8.26. The molecule has 3 aromatic carbocycles. The van der Waals surface area contributed by atoms with Crippen molar-refractivity contribution in [2.75, 3.05) is 6.61 Å². The summed E-state index contributed by atoms with van der Waals surface area (Å²) in [5.41, 5.74) is 4.40. The van der Waals surface area contributed by atoms with Crippen LogP contribution in [0.5, 0.6) is 11.5 Å². The van der Waals surface area contributed by atoms with Crippen molar-refractivity contribution in [3.8, 4) is 17.6 Å². The van der Waals surface area contributed by atoms with Crippen LogP contribution in [-0.4, -0.2) is 21.7 Å². The van der Waals surface area contributed by atoms with Gasteiger partial charge in [0.25, 0.3) is 5.91 Å². The number of thioether (sulfide) groups is 1. The Bertz CT molecular complexity index is 1330. The third-order valence-electron chi connectivity index (χ3n) is 5.42. The molecule has 4 rings (SSSR count). The topological polar surface area (TPSA) is 62.6 Å². The number of aryl methyl sites for hydroxylation is 1. The van der Waals surface area contributed by atoms with Crippen molar-refractivity contribution >= 4 is 40.3 Å². The van der Waals surface area contributed by atoms with E-state index in [1.165, 1.54) is 17.3 Å². The fraction of sp³-hybridized carbons (Fsp3) is 0.179. The summed E-state index contributed by atoms with van der Waals surface area (Å²) >= 11 is 6.79. The summed E-state index contributed by atoms with van der Waals surface area (Å²) in [5.74, 6) is 1.04. The van der Waals surface area contributed by atoms with Crippen molar-refractivity contribution in [2.24, 2.45) is 0 Å². The zero-order valence-corrected chi connectivity index (χ0v) is 21.1. The van der Waals surface area contributed by atoms with E-state index in [9.17, 15) is 10.1 Å². The molecule has 35 heavy (non-hydrogen) atoms. The van der Waals surface area contributed by atoms with Gasteiger partial charge in [0.1, 0.15) is 10.9 Å². The first-order valence-electron chi connectivity index (χ1n) is 11.2. The summed E-state index contributed by atoms with van der Waals surface area (Å²) in [6.45, 7) is 5.10. The number of nitriles is 1. The van der Waals surface area contributed by atoms with Crippen LogP contribution >= 0.6 is 24.0 Å². The summed E-state index contributed by atoms with van der Waals surface area (Å²) in [6.07, 6.45) is 1.83. The first-order valence-corrected chi connectivity index (χ1v) is 12.4. The number of rotatable bonds is 8. The van der Waals surface area contributed by atoms with Crippen molar-refractivity contribution in [1.29, 1.82) is 5.26 Å². The fourth-order valence-corrected chi connectivity index (χ4v) is 4.83. The lowest BCUT2D eigenvalue weighted by Gasteiger charge is -2.14. The van der Waals surface area contributed by atoms with E-state index >= 15 is 0 Å². The predicted octanol–water partition coefficient (Wildman–Crippen LogP) is 6.25. The van der Waals surface area contributed by atoms with Crippen LogP contribution < -0.4 is 9.47 Å². The standard InChI is InChI=1S/C28H24N2O3S2/c1-3-32-25-14-21(12-13-24(25)33-18-23-7-5-4-6-22(23)16-29)15-26-27(31)30(28(34)35-26)17-20-10-8-19(2)9-11-20/h4-15H,3,17-18H2,1-2H3/b26-15-. The molecule has 0 aromatic heterocycles. The van der Waals surface area contributed by atoms with Crippen molar-refractivity contribution in [3.05, 3.63) is 99.5 Å². The van der Waals surface area contributed by atoms with E-state index in [4.69, 9.17) is 21.7 Å². The van der Waals surface area contributed by atoms with Gasteiger partial charge in [-0.15, -0.1) is 0 Å². The van der Waals surface area contributed by atoms with Crippen LogP contribution in [0, 0.1) is 18.3 Å². The summed E-state index contributed by atoms with van der Waals surface area (Å²) in [6, 6.07) is 23.1. The van der Waals surface area contributed by atoms with E-state index < -0.39 is 0 Å². The first kappa shape index (κ1) is 24.5. The van der Waals surface area contributed by atoms with Crippen molar-refractivity contribution in [1.82, 2.24) is 4.90 Å². The second kappa shape index (κ2) is 11.2. The molecule has 1 saturated heterocycles. The second-order valence-corrected chi connectivity index (χ2v) is 9.63. The molecule has 7 heteroatoms. The largest absolute Gasteiger partial charge is 0.490 e. The number of amides is 1. The van der Waals surface area contributed by atoms with Crippen LogP contribution in [0.3, 0.4) is 0 Å². The fourth-order valence-electron chi connectivity index (χ4n) is 3.58. The Morgan fingerprint density at radius 3 is 2.57 bits per heavy atom. The zero-order chi connectivity index (χ0) is 24.8. The van der Waals surface area contributed by atoms with Gasteiger partial charge in [0, 0.05) is 5.56 Å².